The van der Waals surface area contributed by atoms with Crippen LogP contribution in [-0.2, 0) is 15.7 Å². The SMILES string of the molecule is CC1(C)OB(c2ccc(O)c(CCC#N)n2)OC1(C)C. The third kappa shape index (κ3) is 2.65. The molecule has 0 aliphatic carbocycles. The van der Waals surface area contributed by atoms with E-state index in [-0.39, 0.29) is 5.75 Å². The molecular formula is C14H19BN2O3. The molecule has 1 aliphatic rings. The van der Waals surface area contributed by atoms with Crippen molar-refractivity contribution in [3.8, 4) is 11.8 Å². The molecule has 1 aromatic heterocycles. The summed E-state index contributed by atoms with van der Waals surface area (Å²) in [5.74, 6) is 0.0977. The topological polar surface area (TPSA) is 75.4 Å². The molecule has 2 rings (SSSR count). The zero-order valence-corrected chi connectivity index (χ0v) is 12.3. The molecule has 1 aromatic rings. The van der Waals surface area contributed by atoms with Crippen molar-refractivity contribution in [2.24, 2.45) is 0 Å². The van der Waals surface area contributed by atoms with Crippen LogP contribution >= 0.6 is 0 Å². The van der Waals surface area contributed by atoms with Gasteiger partial charge in [0.25, 0.3) is 0 Å². The van der Waals surface area contributed by atoms with Crippen molar-refractivity contribution in [2.75, 3.05) is 0 Å². The van der Waals surface area contributed by atoms with Crippen molar-refractivity contribution in [3.05, 3.63) is 17.8 Å². The van der Waals surface area contributed by atoms with Crippen LogP contribution in [0.1, 0.15) is 39.8 Å². The van der Waals surface area contributed by atoms with Crippen molar-refractivity contribution in [2.45, 2.75) is 51.7 Å². The summed E-state index contributed by atoms with van der Waals surface area (Å²) in [5.41, 5.74) is 0.266. The lowest BCUT2D eigenvalue weighted by molar-refractivity contribution is 0.00578. The maximum absolute atomic E-state index is 9.76. The van der Waals surface area contributed by atoms with Crippen LogP contribution in [0.3, 0.4) is 0 Å². The molecule has 0 amide bonds. The van der Waals surface area contributed by atoms with Gasteiger partial charge in [-0.05, 0) is 39.8 Å². The summed E-state index contributed by atoms with van der Waals surface area (Å²) < 4.78 is 11.8. The largest absolute Gasteiger partial charge is 0.514 e. The lowest BCUT2D eigenvalue weighted by atomic mass is 9.84. The first-order valence-corrected chi connectivity index (χ1v) is 6.68. The molecule has 0 atom stereocenters. The smallest absolute Gasteiger partial charge is 0.506 e. The Kier molecular flexibility index (Phi) is 3.76. The summed E-state index contributed by atoms with van der Waals surface area (Å²) >= 11 is 0. The summed E-state index contributed by atoms with van der Waals surface area (Å²) in [7, 11) is -0.554. The summed E-state index contributed by atoms with van der Waals surface area (Å²) in [4.78, 5) is 4.37. The van der Waals surface area contributed by atoms with Gasteiger partial charge in [-0.3, -0.25) is 4.98 Å². The Balaban J connectivity index is 2.25. The first kappa shape index (κ1) is 14.8. The molecule has 0 saturated carbocycles. The highest BCUT2D eigenvalue weighted by atomic mass is 16.7. The number of rotatable bonds is 3. The van der Waals surface area contributed by atoms with Gasteiger partial charge in [-0.15, -0.1) is 0 Å². The molecule has 6 heteroatoms. The number of aryl methyl sites for hydroxylation is 1. The maximum atomic E-state index is 9.76. The third-order valence-electron chi connectivity index (χ3n) is 3.94. The van der Waals surface area contributed by atoms with Gasteiger partial charge < -0.3 is 14.4 Å². The van der Waals surface area contributed by atoms with Crippen LogP contribution < -0.4 is 5.59 Å². The Morgan fingerprint density at radius 3 is 2.40 bits per heavy atom. The lowest BCUT2D eigenvalue weighted by Gasteiger charge is -2.32. The van der Waals surface area contributed by atoms with Gasteiger partial charge in [0.1, 0.15) is 5.75 Å². The number of nitriles is 1. The van der Waals surface area contributed by atoms with Crippen molar-refractivity contribution < 1.29 is 14.4 Å². The average Bonchev–Trinajstić information content (AvgIpc) is 2.57. The summed E-state index contributed by atoms with van der Waals surface area (Å²) in [6.45, 7) is 7.90. The van der Waals surface area contributed by atoms with Crippen molar-refractivity contribution >= 4 is 12.7 Å². The highest BCUT2D eigenvalue weighted by Crippen LogP contribution is 2.36. The van der Waals surface area contributed by atoms with Crippen LogP contribution in [0.4, 0.5) is 0 Å². The van der Waals surface area contributed by atoms with E-state index in [1.165, 1.54) is 0 Å². The standard InChI is InChI=1S/C14H19BN2O3/c1-13(2)14(3,4)20-15(19-13)12-8-7-11(18)10(17-12)6-5-9-16/h7-8,18H,5-6H2,1-4H3. The predicted molar refractivity (Wildman–Crippen MR) is 75.6 cm³/mol. The number of pyridine rings is 1. The highest BCUT2D eigenvalue weighted by Gasteiger charge is 2.52. The molecule has 2 heterocycles. The number of aromatic hydroxyl groups is 1. The van der Waals surface area contributed by atoms with E-state index in [0.717, 1.165) is 0 Å². The molecular weight excluding hydrogens is 255 g/mol. The van der Waals surface area contributed by atoms with E-state index in [2.05, 4.69) is 4.98 Å². The predicted octanol–water partition coefficient (Wildman–Crippen LogP) is 1.54. The number of nitrogens with zero attached hydrogens (tertiary/aromatic N) is 2. The molecule has 0 unspecified atom stereocenters. The summed E-state index contributed by atoms with van der Waals surface area (Å²) in [6, 6.07) is 5.30. The lowest BCUT2D eigenvalue weighted by Crippen LogP contribution is -2.41. The minimum atomic E-state index is -0.554. The summed E-state index contributed by atoms with van der Waals surface area (Å²) in [6.07, 6.45) is 0.725. The van der Waals surface area contributed by atoms with E-state index in [4.69, 9.17) is 14.6 Å². The quantitative estimate of drug-likeness (QED) is 0.846. The fourth-order valence-corrected chi connectivity index (χ4v) is 1.96. The van der Waals surface area contributed by atoms with E-state index >= 15 is 0 Å². The molecule has 0 aromatic carbocycles. The van der Waals surface area contributed by atoms with Crippen LogP contribution in [-0.4, -0.2) is 28.4 Å². The van der Waals surface area contributed by atoms with Crippen molar-refractivity contribution in [3.63, 3.8) is 0 Å². The van der Waals surface area contributed by atoms with Crippen LogP contribution in [0.25, 0.3) is 0 Å². The van der Waals surface area contributed by atoms with Gasteiger partial charge in [-0.2, -0.15) is 5.26 Å². The second-order valence-corrected chi connectivity index (χ2v) is 5.95. The fraction of sp³-hybridized carbons (Fsp3) is 0.571. The second kappa shape index (κ2) is 5.08. The zero-order valence-electron chi connectivity index (χ0n) is 12.3. The van der Waals surface area contributed by atoms with Gasteiger partial charge in [0, 0.05) is 12.8 Å². The van der Waals surface area contributed by atoms with Crippen LogP contribution in [0.5, 0.6) is 5.75 Å². The van der Waals surface area contributed by atoms with Gasteiger partial charge in [-0.25, -0.2) is 0 Å². The molecule has 0 bridgehead atoms. The monoisotopic (exact) mass is 274 g/mol. The van der Waals surface area contributed by atoms with Crippen LogP contribution in [0.15, 0.2) is 12.1 Å². The van der Waals surface area contributed by atoms with E-state index < -0.39 is 18.3 Å². The second-order valence-electron chi connectivity index (χ2n) is 5.95. The first-order chi connectivity index (χ1) is 9.27. The van der Waals surface area contributed by atoms with E-state index in [1.54, 1.807) is 12.1 Å². The van der Waals surface area contributed by atoms with Crippen molar-refractivity contribution in [1.82, 2.24) is 4.98 Å². The molecule has 1 fully saturated rings. The van der Waals surface area contributed by atoms with Crippen LogP contribution in [0, 0.1) is 11.3 Å². The Morgan fingerprint density at radius 2 is 1.85 bits per heavy atom. The van der Waals surface area contributed by atoms with Gasteiger partial charge in [0.15, 0.2) is 0 Å². The Hall–Kier alpha value is -1.58. The van der Waals surface area contributed by atoms with Gasteiger partial charge in [0.2, 0.25) is 0 Å². The van der Waals surface area contributed by atoms with Crippen molar-refractivity contribution in [1.29, 1.82) is 5.26 Å². The Labute approximate surface area is 119 Å². The van der Waals surface area contributed by atoms with E-state index in [1.807, 2.05) is 33.8 Å². The Bertz CT molecular complexity index is 536. The molecule has 5 nitrogen and oxygen atoms in total. The normalized spacial score (nSPS) is 19.9. The molecule has 1 saturated heterocycles. The molecule has 106 valence electrons. The molecule has 0 radical (unpaired) electrons. The third-order valence-corrected chi connectivity index (χ3v) is 3.94. The number of aromatic nitrogens is 1. The van der Waals surface area contributed by atoms with Gasteiger partial charge in [0.05, 0.1) is 28.6 Å². The fourth-order valence-electron chi connectivity index (χ4n) is 1.96. The average molecular weight is 274 g/mol. The number of hydrogen-bond donors (Lipinski definition) is 1. The molecule has 20 heavy (non-hydrogen) atoms. The maximum Gasteiger partial charge on any atom is 0.514 e. The highest BCUT2D eigenvalue weighted by molar-refractivity contribution is 6.61. The van der Waals surface area contributed by atoms with Gasteiger partial charge >= 0.3 is 7.12 Å². The number of hydrogen-bond acceptors (Lipinski definition) is 5. The first-order valence-electron chi connectivity index (χ1n) is 6.68. The summed E-state index contributed by atoms with van der Waals surface area (Å²) in [5, 5.41) is 18.4. The molecule has 1 N–H and O–H groups in total. The minimum absolute atomic E-state index is 0.0977. The van der Waals surface area contributed by atoms with Gasteiger partial charge in [-0.1, -0.05) is 0 Å². The Morgan fingerprint density at radius 1 is 1.25 bits per heavy atom. The van der Waals surface area contributed by atoms with Crippen LogP contribution in [0.2, 0.25) is 0 Å². The van der Waals surface area contributed by atoms with E-state index in [0.29, 0.717) is 24.1 Å². The van der Waals surface area contributed by atoms with E-state index in [9.17, 15) is 5.11 Å². The molecule has 0 spiro atoms. The molecule has 1 aliphatic heterocycles. The minimum Gasteiger partial charge on any atom is -0.506 e. The zero-order chi connectivity index (χ0) is 15.0.